The minimum Gasteiger partial charge on any atom is -0.337 e. The van der Waals surface area contributed by atoms with Crippen LogP contribution in [0.1, 0.15) is 29.6 Å². The molecule has 5 heteroatoms. The van der Waals surface area contributed by atoms with Gasteiger partial charge in [0, 0.05) is 29.6 Å². The molecule has 19 heavy (non-hydrogen) atoms. The number of benzene rings is 1. The number of carbonyl (C=O) groups excluding carboxylic acids is 1. The monoisotopic (exact) mass is 326 g/mol. The predicted octanol–water partition coefficient (Wildman–Crippen LogP) is 2.55. The highest BCUT2D eigenvalue weighted by Crippen LogP contribution is 2.25. The average molecular weight is 327 g/mol. The number of fused-ring (bicyclic) bond motifs is 2. The third-order valence-corrected chi connectivity index (χ3v) is 4.65. The number of likely N-dealkylation sites (tertiary alicyclic amines) is 1. The molecule has 2 heterocycles. The Hall–Kier alpha value is -0.940. The fraction of sp³-hybridized carbons (Fsp3) is 0.500. The van der Waals surface area contributed by atoms with E-state index < -0.39 is 5.82 Å². The summed E-state index contributed by atoms with van der Waals surface area (Å²) < 4.78 is 14.4. The molecule has 1 amide bonds. The molecule has 2 bridgehead atoms. The number of halogens is 2. The predicted molar refractivity (Wildman–Crippen MR) is 74.6 cm³/mol. The number of amides is 1. The highest BCUT2D eigenvalue weighted by atomic mass is 79.9. The van der Waals surface area contributed by atoms with Crippen molar-refractivity contribution in [2.24, 2.45) is 0 Å². The van der Waals surface area contributed by atoms with Crippen molar-refractivity contribution >= 4 is 21.8 Å². The molecule has 0 aliphatic carbocycles. The van der Waals surface area contributed by atoms with Crippen molar-refractivity contribution in [2.75, 3.05) is 13.1 Å². The van der Waals surface area contributed by atoms with Gasteiger partial charge >= 0.3 is 0 Å². The van der Waals surface area contributed by atoms with Gasteiger partial charge in [-0.1, -0.05) is 6.07 Å². The first-order chi connectivity index (χ1) is 9.15. The third kappa shape index (κ3) is 2.54. The summed E-state index contributed by atoms with van der Waals surface area (Å²) in [5, 5.41) is 3.52. The fourth-order valence-corrected chi connectivity index (χ4v) is 3.50. The van der Waals surface area contributed by atoms with Crippen molar-refractivity contribution in [1.82, 2.24) is 10.2 Å². The first kappa shape index (κ1) is 13.1. The van der Waals surface area contributed by atoms with E-state index in [1.165, 1.54) is 12.5 Å². The second kappa shape index (κ2) is 5.21. The van der Waals surface area contributed by atoms with Crippen molar-refractivity contribution in [2.45, 2.75) is 31.3 Å². The first-order valence-electron chi connectivity index (χ1n) is 6.64. The molecule has 3 nitrogen and oxygen atoms in total. The molecule has 1 aromatic rings. The summed E-state index contributed by atoms with van der Waals surface area (Å²) in [7, 11) is 0. The van der Waals surface area contributed by atoms with E-state index in [4.69, 9.17) is 0 Å². The second-order valence-corrected chi connectivity index (χ2v) is 6.13. The van der Waals surface area contributed by atoms with Gasteiger partial charge in [-0.2, -0.15) is 0 Å². The number of nitrogens with zero attached hydrogens (tertiary/aromatic N) is 1. The van der Waals surface area contributed by atoms with Gasteiger partial charge in [0.25, 0.3) is 5.91 Å². The van der Waals surface area contributed by atoms with Gasteiger partial charge in [-0.25, -0.2) is 4.39 Å². The van der Waals surface area contributed by atoms with Gasteiger partial charge in [0.15, 0.2) is 0 Å². The zero-order valence-corrected chi connectivity index (χ0v) is 12.1. The van der Waals surface area contributed by atoms with E-state index in [1.807, 2.05) is 0 Å². The lowest BCUT2D eigenvalue weighted by Gasteiger charge is -2.25. The number of carbonyl (C=O) groups is 1. The Kier molecular flexibility index (Phi) is 3.58. The molecule has 2 saturated heterocycles. The van der Waals surface area contributed by atoms with Crippen LogP contribution in [0, 0.1) is 5.82 Å². The Bertz CT molecular complexity index is 488. The highest BCUT2D eigenvalue weighted by Gasteiger charge is 2.32. The summed E-state index contributed by atoms with van der Waals surface area (Å²) in [6, 6.07) is 5.52. The fourth-order valence-electron chi connectivity index (χ4n) is 2.99. The zero-order chi connectivity index (χ0) is 13.4. The van der Waals surface area contributed by atoms with Crippen molar-refractivity contribution in [3.05, 3.63) is 34.1 Å². The maximum absolute atomic E-state index is 13.9. The molecule has 0 radical (unpaired) electrons. The molecule has 0 saturated carbocycles. The summed E-state index contributed by atoms with van der Waals surface area (Å²) >= 11 is 3.27. The van der Waals surface area contributed by atoms with Crippen molar-refractivity contribution in [3.63, 3.8) is 0 Å². The number of hydrogen-bond donors (Lipinski definition) is 1. The molecule has 2 fully saturated rings. The Morgan fingerprint density at radius 3 is 2.89 bits per heavy atom. The summed E-state index contributed by atoms with van der Waals surface area (Å²) in [6.07, 6.45) is 3.25. The minimum atomic E-state index is -0.457. The lowest BCUT2D eigenvalue weighted by atomic mass is 10.1. The maximum Gasteiger partial charge on any atom is 0.258 e. The van der Waals surface area contributed by atoms with E-state index in [-0.39, 0.29) is 11.5 Å². The van der Waals surface area contributed by atoms with E-state index in [2.05, 4.69) is 21.2 Å². The molecule has 2 atom stereocenters. The molecular formula is C14H16BrFN2O. The summed E-state index contributed by atoms with van der Waals surface area (Å²) in [5.74, 6) is -0.666. The Balaban J connectivity index is 1.84. The Morgan fingerprint density at radius 2 is 2.11 bits per heavy atom. The van der Waals surface area contributed by atoms with E-state index in [0.717, 1.165) is 12.8 Å². The Labute approximate surface area is 120 Å². The van der Waals surface area contributed by atoms with Crippen LogP contribution in [0.2, 0.25) is 0 Å². The van der Waals surface area contributed by atoms with Gasteiger partial charge in [0.1, 0.15) is 5.82 Å². The van der Waals surface area contributed by atoms with Crippen LogP contribution in [0.25, 0.3) is 0 Å². The SMILES string of the molecule is O=C(c1c(F)cccc1Br)N1CCC2CCC(C1)N2. The molecule has 0 aromatic heterocycles. The lowest BCUT2D eigenvalue weighted by molar-refractivity contribution is 0.0742. The Morgan fingerprint density at radius 1 is 1.32 bits per heavy atom. The quantitative estimate of drug-likeness (QED) is 0.860. The molecular weight excluding hydrogens is 311 g/mol. The molecule has 1 aromatic carbocycles. The standard InChI is InChI=1S/C14H16BrFN2O/c15-11-2-1-3-12(16)13(11)14(19)18-7-6-9-4-5-10(8-18)17-9/h1-3,9-10,17H,4-8H2. The molecule has 102 valence electrons. The molecule has 3 rings (SSSR count). The summed E-state index contributed by atoms with van der Waals surface area (Å²) in [4.78, 5) is 14.3. The highest BCUT2D eigenvalue weighted by molar-refractivity contribution is 9.10. The van der Waals surface area contributed by atoms with Gasteiger partial charge in [0.2, 0.25) is 0 Å². The average Bonchev–Trinajstić information content (AvgIpc) is 2.68. The normalized spacial score (nSPS) is 26.3. The van der Waals surface area contributed by atoms with E-state index in [9.17, 15) is 9.18 Å². The second-order valence-electron chi connectivity index (χ2n) is 5.27. The van der Waals surface area contributed by atoms with Gasteiger partial charge in [-0.15, -0.1) is 0 Å². The van der Waals surface area contributed by atoms with Crippen LogP contribution in [-0.2, 0) is 0 Å². The van der Waals surface area contributed by atoms with Crippen LogP contribution in [0.3, 0.4) is 0 Å². The van der Waals surface area contributed by atoms with Crippen LogP contribution >= 0.6 is 15.9 Å². The molecule has 2 aliphatic heterocycles. The third-order valence-electron chi connectivity index (χ3n) is 3.99. The van der Waals surface area contributed by atoms with Gasteiger partial charge < -0.3 is 10.2 Å². The number of hydrogen-bond acceptors (Lipinski definition) is 2. The van der Waals surface area contributed by atoms with E-state index in [0.29, 0.717) is 29.6 Å². The van der Waals surface area contributed by atoms with E-state index >= 15 is 0 Å². The topological polar surface area (TPSA) is 32.3 Å². The van der Waals surface area contributed by atoms with Gasteiger partial charge in [-0.05, 0) is 47.3 Å². The van der Waals surface area contributed by atoms with Crippen molar-refractivity contribution in [3.8, 4) is 0 Å². The van der Waals surface area contributed by atoms with Gasteiger partial charge in [0.05, 0.1) is 5.56 Å². The molecule has 0 spiro atoms. The van der Waals surface area contributed by atoms with Crippen LogP contribution < -0.4 is 5.32 Å². The van der Waals surface area contributed by atoms with Crippen LogP contribution in [0.15, 0.2) is 22.7 Å². The molecule has 1 N–H and O–H groups in total. The van der Waals surface area contributed by atoms with Crippen molar-refractivity contribution < 1.29 is 9.18 Å². The summed E-state index contributed by atoms with van der Waals surface area (Å²) in [5.41, 5.74) is 0.153. The van der Waals surface area contributed by atoms with Crippen LogP contribution in [-0.4, -0.2) is 36.0 Å². The number of rotatable bonds is 1. The zero-order valence-electron chi connectivity index (χ0n) is 10.5. The maximum atomic E-state index is 13.9. The van der Waals surface area contributed by atoms with E-state index in [1.54, 1.807) is 17.0 Å². The molecule has 2 aliphatic rings. The first-order valence-corrected chi connectivity index (χ1v) is 7.44. The summed E-state index contributed by atoms with van der Waals surface area (Å²) in [6.45, 7) is 1.38. The van der Waals surface area contributed by atoms with Gasteiger partial charge in [-0.3, -0.25) is 4.79 Å². The van der Waals surface area contributed by atoms with Crippen LogP contribution in [0.5, 0.6) is 0 Å². The molecule has 2 unspecified atom stereocenters. The van der Waals surface area contributed by atoms with Crippen LogP contribution in [0.4, 0.5) is 4.39 Å². The van der Waals surface area contributed by atoms with Crippen molar-refractivity contribution in [1.29, 1.82) is 0 Å². The smallest absolute Gasteiger partial charge is 0.258 e. The lowest BCUT2D eigenvalue weighted by Crippen LogP contribution is -2.39. The number of nitrogens with one attached hydrogen (secondary N) is 1. The minimum absolute atomic E-state index is 0.153. The largest absolute Gasteiger partial charge is 0.337 e.